The van der Waals surface area contributed by atoms with Crippen LogP contribution < -0.4 is 10.1 Å². The number of aromatic nitrogens is 4. The first-order valence-corrected chi connectivity index (χ1v) is 10.7. The number of nitrogens with one attached hydrogen (secondary N) is 1. The van der Waals surface area contributed by atoms with Gasteiger partial charge in [-0.05, 0) is 37.1 Å². The van der Waals surface area contributed by atoms with Gasteiger partial charge in [-0.3, -0.25) is 4.79 Å². The van der Waals surface area contributed by atoms with Crippen molar-refractivity contribution in [3.05, 3.63) is 72.4 Å². The lowest BCUT2D eigenvalue weighted by Gasteiger charge is -2.08. The van der Waals surface area contributed by atoms with Crippen molar-refractivity contribution in [2.45, 2.75) is 31.6 Å². The Morgan fingerprint density at radius 3 is 2.50 bits per heavy atom. The van der Waals surface area contributed by atoms with Gasteiger partial charge in [0.2, 0.25) is 0 Å². The molecule has 0 aliphatic heterocycles. The molecule has 2 aromatic carbocycles. The Bertz CT molecular complexity index is 1180. The van der Waals surface area contributed by atoms with E-state index in [0.29, 0.717) is 17.6 Å². The third-order valence-corrected chi connectivity index (χ3v) is 5.52. The van der Waals surface area contributed by atoms with E-state index in [1.165, 1.54) is 12.8 Å². The summed E-state index contributed by atoms with van der Waals surface area (Å²) in [4.78, 5) is 12.6. The molecule has 0 radical (unpaired) electrons. The molecule has 1 aliphatic rings. The highest BCUT2D eigenvalue weighted by Crippen LogP contribution is 2.35. The van der Waals surface area contributed by atoms with Crippen molar-refractivity contribution in [2.24, 2.45) is 0 Å². The standard InChI is InChI=1S/C24H23N5O3/c30-22(16-31-24-27-26-23(32-24)18-11-3-1-4-12-18)25-21-15-20(17-9-7-8-10-17)28-29(21)19-13-5-2-6-14-19/h1-6,11-15,17H,7-10,16H2,(H,25,30). The van der Waals surface area contributed by atoms with E-state index in [2.05, 4.69) is 15.5 Å². The van der Waals surface area contributed by atoms with Gasteiger partial charge in [-0.15, -0.1) is 5.10 Å². The SMILES string of the molecule is O=C(COc1nnc(-c2ccccc2)o1)Nc1cc(C2CCCC2)nn1-c1ccccc1. The summed E-state index contributed by atoms with van der Waals surface area (Å²) in [5.41, 5.74) is 2.68. The first kappa shape index (κ1) is 20.0. The van der Waals surface area contributed by atoms with Gasteiger partial charge in [0.05, 0.1) is 11.4 Å². The zero-order chi connectivity index (χ0) is 21.8. The molecule has 1 amide bonds. The Morgan fingerprint density at radius 2 is 1.75 bits per heavy atom. The van der Waals surface area contributed by atoms with Crippen molar-refractivity contribution in [1.82, 2.24) is 20.0 Å². The molecule has 0 atom stereocenters. The largest absolute Gasteiger partial charge is 0.439 e. The molecule has 0 bridgehead atoms. The Morgan fingerprint density at radius 1 is 1.03 bits per heavy atom. The first-order chi connectivity index (χ1) is 15.8. The van der Waals surface area contributed by atoms with Gasteiger partial charge in [0.1, 0.15) is 5.82 Å². The van der Waals surface area contributed by atoms with Crippen molar-refractivity contribution >= 4 is 11.7 Å². The van der Waals surface area contributed by atoms with Crippen molar-refractivity contribution in [2.75, 3.05) is 11.9 Å². The van der Waals surface area contributed by atoms with Crippen LogP contribution in [0.15, 0.2) is 71.1 Å². The topological polar surface area (TPSA) is 95.1 Å². The van der Waals surface area contributed by atoms with Crippen molar-refractivity contribution < 1.29 is 13.9 Å². The Hall–Kier alpha value is -3.94. The van der Waals surface area contributed by atoms with E-state index in [9.17, 15) is 4.79 Å². The second kappa shape index (κ2) is 9.05. The number of ether oxygens (including phenoxy) is 1. The fraction of sp³-hybridized carbons (Fsp3) is 0.250. The predicted molar refractivity (Wildman–Crippen MR) is 119 cm³/mol. The average molecular weight is 429 g/mol. The van der Waals surface area contributed by atoms with Crippen LogP contribution in [0.2, 0.25) is 0 Å². The summed E-state index contributed by atoms with van der Waals surface area (Å²) in [7, 11) is 0. The van der Waals surface area contributed by atoms with Crippen molar-refractivity contribution in [1.29, 1.82) is 0 Å². The van der Waals surface area contributed by atoms with Crippen molar-refractivity contribution in [3.8, 4) is 23.2 Å². The quantitative estimate of drug-likeness (QED) is 0.461. The van der Waals surface area contributed by atoms with Gasteiger partial charge in [0, 0.05) is 17.5 Å². The fourth-order valence-corrected chi connectivity index (χ4v) is 3.95. The molecule has 0 unspecified atom stereocenters. The molecule has 2 heterocycles. The minimum absolute atomic E-state index is 0.0535. The minimum Gasteiger partial charge on any atom is -0.439 e. The lowest BCUT2D eigenvalue weighted by molar-refractivity contribution is -0.118. The lowest BCUT2D eigenvalue weighted by atomic mass is 10.0. The summed E-state index contributed by atoms with van der Waals surface area (Å²) in [6.07, 6.45) is 4.63. The zero-order valence-corrected chi connectivity index (χ0v) is 17.5. The van der Waals surface area contributed by atoms with Gasteiger partial charge in [0.15, 0.2) is 6.61 Å². The summed E-state index contributed by atoms with van der Waals surface area (Å²) >= 11 is 0. The number of nitrogens with zero attached hydrogens (tertiary/aromatic N) is 4. The Labute approximate surface area is 185 Å². The summed E-state index contributed by atoms with van der Waals surface area (Å²) < 4.78 is 12.7. The monoisotopic (exact) mass is 429 g/mol. The summed E-state index contributed by atoms with van der Waals surface area (Å²) in [5, 5.41) is 15.5. The maximum absolute atomic E-state index is 12.6. The zero-order valence-electron chi connectivity index (χ0n) is 17.5. The smallest absolute Gasteiger partial charge is 0.415 e. The molecular weight excluding hydrogens is 406 g/mol. The van der Waals surface area contributed by atoms with Gasteiger partial charge >= 0.3 is 6.08 Å². The number of anilines is 1. The number of hydrogen-bond donors (Lipinski definition) is 1. The maximum Gasteiger partial charge on any atom is 0.415 e. The highest BCUT2D eigenvalue weighted by atomic mass is 16.6. The fourth-order valence-electron chi connectivity index (χ4n) is 3.95. The molecule has 0 spiro atoms. The third-order valence-electron chi connectivity index (χ3n) is 5.52. The average Bonchev–Trinajstić information content (AvgIpc) is 3.60. The maximum atomic E-state index is 12.6. The second-order valence-corrected chi connectivity index (χ2v) is 7.76. The predicted octanol–water partition coefficient (Wildman–Crippen LogP) is 4.60. The number of hydrogen-bond acceptors (Lipinski definition) is 6. The van der Waals surface area contributed by atoms with Gasteiger partial charge in [-0.2, -0.15) is 5.10 Å². The molecule has 1 saturated carbocycles. The molecule has 32 heavy (non-hydrogen) atoms. The van der Waals surface area contributed by atoms with Gasteiger partial charge in [-0.1, -0.05) is 54.3 Å². The van der Waals surface area contributed by atoms with E-state index in [1.807, 2.05) is 66.7 Å². The van der Waals surface area contributed by atoms with E-state index in [-0.39, 0.29) is 18.6 Å². The molecule has 5 rings (SSSR count). The van der Waals surface area contributed by atoms with Gasteiger partial charge < -0.3 is 14.5 Å². The van der Waals surface area contributed by atoms with Crippen LogP contribution >= 0.6 is 0 Å². The van der Waals surface area contributed by atoms with Crippen LogP contribution in [0, 0.1) is 0 Å². The van der Waals surface area contributed by atoms with E-state index in [4.69, 9.17) is 14.3 Å². The molecule has 1 N–H and O–H groups in total. The molecular formula is C24H23N5O3. The molecule has 8 heteroatoms. The normalized spacial score (nSPS) is 13.9. The molecule has 8 nitrogen and oxygen atoms in total. The van der Waals surface area contributed by atoms with Crippen LogP contribution in [0.3, 0.4) is 0 Å². The highest BCUT2D eigenvalue weighted by molar-refractivity contribution is 5.91. The summed E-state index contributed by atoms with van der Waals surface area (Å²) in [5.74, 6) is 1.05. The molecule has 0 saturated heterocycles. The molecule has 2 aromatic heterocycles. The lowest BCUT2D eigenvalue weighted by Crippen LogP contribution is -2.22. The van der Waals surface area contributed by atoms with Crippen LogP contribution in [0.5, 0.6) is 6.08 Å². The van der Waals surface area contributed by atoms with Crippen LogP contribution in [0.1, 0.15) is 37.3 Å². The number of carbonyl (C=O) groups is 1. The molecule has 1 aliphatic carbocycles. The number of benzene rings is 2. The van der Waals surface area contributed by atoms with Crippen LogP contribution in [0.4, 0.5) is 5.82 Å². The second-order valence-electron chi connectivity index (χ2n) is 7.76. The Balaban J connectivity index is 1.28. The summed E-state index contributed by atoms with van der Waals surface area (Å²) in [6.45, 7) is -0.255. The molecule has 162 valence electrons. The number of amides is 1. The van der Waals surface area contributed by atoms with Gasteiger partial charge in [-0.25, -0.2) is 4.68 Å². The van der Waals surface area contributed by atoms with E-state index < -0.39 is 0 Å². The summed E-state index contributed by atoms with van der Waals surface area (Å²) in [6, 6.07) is 21.1. The first-order valence-electron chi connectivity index (χ1n) is 10.7. The van der Waals surface area contributed by atoms with E-state index >= 15 is 0 Å². The minimum atomic E-state index is -0.334. The van der Waals surface area contributed by atoms with Crippen LogP contribution in [-0.4, -0.2) is 32.5 Å². The highest BCUT2D eigenvalue weighted by Gasteiger charge is 2.22. The van der Waals surface area contributed by atoms with E-state index in [1.54, 1.807) is 4.68 Å². The van der Waals surface area contributed by atoms with E-state index in [0.717, 1.165) is 29.8 Å². The number of para-hydroxylation sites is 1. The van der Waals surface area contributed by atoms with Crippen LogP contribution in [-0.2, 0) is 4.79 Å². The number of carbonyl (C=O) groups excluding carboxylic acids is 1. The molecule has 4 aromatic rings. The molecule has 1 fully saturated rings. The van der Waals surface area contributed by atoms with Crippen molar-refractivity contribution in [3.63, 3.8) is 0 Å². The number of rotatable bonds is 7. The Kier molecular flexibility index (Phi) is 5.65. The van der Waals surface area contributed by atoms with Gasteiger partial charge in [0.25, 0.3) is 11.8 Å². The van der Waals surface area contributed by atoms with Crippen LogP contribution in [0.25, 0.3) is 17.1 Å². The third kappa shape index (κ3) is 4.39.